The van der Waals surface area contributed by atoms with Crippen LogP contribution in [0.3, 0.4) is 0 Å². The van der Waals surface area contributed by atoms with Crippen molar-refractivity contribution in [1.29, 1.82) is 0 Å². The fraction of sp³-hybridized carbons (Fsp3) is 0.481. The third kappa shape index (κ3) is 7.61. The molecule has 3 rings (SSSR count). The van der Waals surface area contributed by atoms with Crippen LogP contribution in [-0.4, -0.2) is 63.7 Å². The number of aryl methyl sites for hydroxylation is 1. The first-order valence-corrected chi connectivity index (χ1v) is 14.5. The lowest BCUT2D eigenvalue weighted by molar-refractivity contribution is -0.140. The van der Waals surface area contributed by atoms with Crippen molar-refractivity contribution < 1.29 is 27.5 Å². The number of benzene rings is 2. The fourth-order valence-corrected chi connectivity index (χ4v) is 5.10. The standard InChI is InChI=1S/C27H37N3O6S/c1-5-14-28-27(32)21(3)29(19-22-10-7-6-9-20(22)2)26(31)11-8-15-30(37(4,33)34)23-12-13-24-25(18-23)36-17-16-35-24/h6-7,9-10,12-13,18,21H,5,8,11,14-17,19H2,1-4H3,(H,28,32)/t21-/m0/s1. The van der Waals surface area contributed by atoms with Gasteiger partial charge in [-0.05, 0) is 49.9 Å². The molecule has 1 heterocycles. The Morgan fingerprint density at radius 3 is 2.46 bits per heavy atom. The summed E-state index contributed by atoms with van der Waals surface area (Å²) in [5, 5.41) is 2.87. The monoisotopic (exact) mass is 531 g/mol. The summed E-state index contributed by atoms with van der Waals surface area (Å²) in [4.78, 5) is 27.7. The van der Waals surface area contributed by atoms with E-state index in [1.807, 2.05) is 38.1 Å². The smallest absolute Gasteiger partial charge is 0.242 e. The first-order valence-electron chi connectivity index (χ1n) is 12.6. The molecule has 0 saturated heterocycles. The molecular weight excluding hydrogens is 494 g/mol. The maximum absolute atomic E-state index is 13.4. The molecule has 0 aromatic heterocycles. The quantitative estimate of drug-likeness (QED) is 0.451. The van der Waals surface area contributed by atoms with Crippen molar-refractivity contribution in [2.24, 2.45) is 0 Å². The Morgan fingerprint density at radius 2 is 1.78 bits per heavy atom. The Hall–Kier alpha value is -3.27. The van der Waals surface area contributed by atoms with Crippen molar-refractivity contribution in [3.8, 4) is 11.5 Å². The minimum atomic E-state index is -3.61. The van der Waals surface area contributed by atoms with E-state index in [0.717, 1.165) is 23.8 Å². The zero-order valence-electron chi connectivity index (χ0n) is 22.0. The maximum Gasteiger partial charge on any atom is 0.242 e. The number of anilines is 1. The molecule has 10 heteroatoms. The van der Waals surface area contributed by atoms with E-state index in [4.69, 9.17) is 9.47 Å². The minimum Gasteiger partial charge on any atom is -0.486 e. The van der Waals surface area contributed by atoms with E-state index in [9.17, 15) is 18.0 Å². The van der Waals surface area contributed by atoms with Crippen LogP contribution >= 0.6 is 0 Å². The Balaban J connectivity index is 1.73. The van der Waals surface area contributed by atoms with Gasteiger partial charge in [0.25, 0.3) is 0 Å². The number of hydrogen-bond donors (Lipinski definition) is 1. The fourth-order valence-electron chi connectivity index (χ4n) is 4.14. The number of amides is 2. The second-order valence-corrected chi connectivity index (χ2v) is 11.1. The summed E-state index contributed by atoms with van der Waals surface area (Å²) in [5.41, 5.74) is 2.44. The molecule has 0 fully saturated rings. The highest BCUT2D eigenvalue weighted by atomic mass is 32.2. The van der Waals surface area contributed by atoms with Crippen molar-refractivity contribution >= 4 is 27.5 Å². The van der Waals surface area contributed by atoms with Gasteiger partial charge in [0.1, 0.15) is 19.3 Å². The molecule has 1 aliphatic heterocycles. The van der Waals surface area contributed by atoms with Crippen LogP contribution in [0, 0.1) is 6.92 Å². The van der Waals surface area contributed by atoms with Crippen molar-refractivity contribution in [2.45, 2.75) is 52.6 Å². The van der Waals surface area contributed by atoms with Gasteiger partial charge in [0, 0.05) is 32.1 Å². The predicted octanol–water partition coefficient (Wildman–Crippen LogP) is 3.26. The lowest BCUT2D eigenvalue weighted by Gasteiger charge is -2.30. The number of sulfonamides is 1. The van der Waals surface area contributed by atoms with Crippen molar-refractivity contribution in [2.75, 3.05) is 36.9 Å². The van der Waals surface area contributed by atoms with E-state index in [1.165, 1.54) is 4.31 Å². The Bertz CT molecular complexity index is 1200. The molecule has 0 unspecified atom stereocenters. The van der Waals surface area contributed by atoms with Crippen molar-refractivity contribution in [3.05, 3.63) is 53.6 Å². The molecule has 0 radical (unpaired) electrons. The molecule has 0 saturated carbocycles. The highest BCUT2D eigenvalue weighted by Gasteiger charge is 2.27. The van der Waals surface area contributed by atoms with Crippen LogP contribution in [0.25, 0.3) is 0 Å². The zero-order chi connectivity index (χ0) is 27.0. The van der Waals surface area contributed by atoms with Gasteiger partial charge < -0.3 is 19.7 Å². The van der Waals surface area contributed by atoms with Gasteiger partial charge in [-0.15, -0.1) is 0 Å². The summed E-state index contributed by atoms with van der Waals surface area (Å²) in [6.07, 6.45) is 2.31. The lowest BCUT2D eigenvalue weighted by atomic mass is 10.1. The van der Waals surface area contributed by atoms with Crippen molar-refractivity contribution in [1.82, 2.24) is 10.2 Å². The molecule has 0 bridgehead atoms. The Kier molecular flexibility index (Phi) is 9.79. The summed E-state index contributed by atoms with van der Waals surface area (Å²) in [5.74, 6) is 0.640. The van der Waals surface area contributed by atoms with Crippen molar-refractivity contribution in [3.63, 3.8) is 0 Å². The van der Waals surface area contributed by atoms with Crippen LogP contribution in [0.15, 0.2) is 42.5 Å². The number of nitrogens with zero attached hydrogens (tertiary/aromatic N) is 2. The van der Waals surface area contributed by atoms with Crippen LogP contribution in [0.1, 0.15) is 44.2 Å². The molecular formula is C27H37N3O6S. The predicted molar refractivity (Wildman–Crippen MR) is 143 cm³/mol. The summed E-state index contributed by atoms with van der Waals surface area (Å²) in [7, 11) is -3.61. The molecule has 9 nitrogen and oxygen atoms in total. The summed E-state index contributed by atoms with van der Waals surface area (Å²) < 4.78 is 37.6. The second kappa shape index (κ2) is 12.8. The highest BCUT2D eigenvalue weighted by Crippen LogP contribution is 2.34. The van der Waals surface area contributed by atoms with Crippen LogP contribution in [-0.2, 0) is 26.2 Å². The summed E-state index contributed by atoms with van der Waals surface area (Å²) in [6.45, 7) is 7.44. The SMILES string of the molecule is CCCNC(=O)[C@H](C)N(Cc1ccccc1C)C(=O)CCCN(c1ccc2c(c1)OCCO2)S(C)(=O)=O. The Labute approximate surface area is 219 Å². The number of rotatable bonds is 12. The molecule has 1 aliphatic rings. The number of fused-ring (bicyclic) bond motifs is 1. The van der Waals surface area contributed by atoms with E-state index < -0.39 is 16.1 Å². The number of nitrogens with one attached hydrogen (secondary N) is 1. The summed E-state index contributed by atoms with van der Waals surface area (Å²) >= 11 is 0. The topological polar surface area (TPSA) is 105 Å². The number of hydrogen-bond acceptors (Lipinski definition) is 6. The average molecular weight is 532 g/mol. The van der Waals surface area contributed by atoms with Gasteiger partial charge in [0.05, 0.1) is 11.9 Å². The van der Waals surface area contributed by atoms with Crippen LogP contribution in [0.4, 0.5) is 5.69 Å². The van der Waals surface area contributed by atoms with Gasteiger partial charge in [-0.25, -0.2) is 8.42 Å². The molecule has 1 N–H and O–H groups in total. The van der Waals surface area contributed by atoms with Gasteiger partial charge in [0.15, 0.2) is 11.5 Å². The lowest BCUT2D eigenvalue weighted by Crippen LogP contribution is -2.48. The van der Waals surface area contributed by atoms with Gasteiger partial charge in [0.2, 0.25) is 21.8 Å². The van der Waals surface area contributed by atoms with Crippen LogP contribution < -0.4 is 19.1 Å². The van der Waals surface area contributed by atoms with Gasteiger partial charge in [-0.2, -0.15) is 0 Å². The number of carbonyl (C=O) groups excluding carboxylic acids is 2. The molecule has 37 heavy (non-hydrogen) atoms. The minimum absolute atomic E-state index is 0.0911. The molecule has 0 spiro atoms. The van der Waals surface area contributed by atoms with E-state index in [1.54, 1.807) is 30.0 Å². The van der Waals surface area contributed by atoms with E-state index in [-0.39, 0.29) is 31.2 Å². The first-order chi connectivity index (χ1) is 17.6. The maximum atomic E-state index is 13.4. The summed E-state index contributed by atoms with van der Waals surface area (Å²) in [6, 6.07) is 12.1. The number of carbonyl (C=O) groups is 2. The first kappa shape index (κ1) is 28.3. The normalized spacial score (nSPS) is 13.5. The van der Waals surface area contributed by atoms with E-state index >= 15 is 0 Å². The molecule has 202 valence electrons. The molecule has 0 aliphatic carbocycles. The largest absolute Gasteiger partial charge is 0.486 e. The third-order valence-corrected chi connectivity index (χ3v) is 7.48. The van der Waals surface area contributed by atoms with E-state index in [0.29, 0.717) is 43.5 Å². The highest BCUT2D eigenvalue weighted by molar-refractivity contribution is 7.92. The molecule has 2 aromatic rings. The molecule has 2 aromatic carbocycles. The third-order valence-electron chi connectivity index (χ3n) is 6.28. The molecule has 1 atom stereocenters. The Morgan fingerprint density at radius 1 is 1.08 bits per heavy atom. The second-order valence-electron chi connectivity index (χ2n) is 9.18. The average Bonchev–Trinajstić information content (AvgIpc) is 2.87. The van der Waals surface area contributed by atoms with Gasteiger partial charge in [-0.1, -0.05) is 31.2 Å². The van der Waals surface area contributed by atoms with E-state index in [2.05, 4.69) is 5.32 Å². The molecule has 2 amide bonds. The van der Waals surface area contributed by atoms with Gasteiger partial charge >= 0.3 is 0 Å². The van der Waals surface area contributed by atoms with Gasteiger partial charge in [-0.3, -0.25) is 13.9 Å². The zero-order valence-corrected chi connectivity index (χ0v) is 22.8. The van der Waals surface area contributed by atoms with Crippen LogP contribution in [0.5, 0.6) is 11.5 Å². The van der Waals surface area contributed by atoms with Crippen LogP contribution in [0.2, 0.25) is 0 Å². The number of ether oxygens (including phenoxy) is 2.